The van der Waals surface area contributed by atoms with Crippen molar-refractivity contribution in [1.29, 1.82) is 0 Å². The summed E-state index contributed by atoms with van der Waals surface area (Å²) < 4.78 is 27.8. The largest absolute Gasteiger partial charge is 0.350 e. The van der Waals surface area contributed by atoms with Crippen molar-refractivity contribution in [2.45, 2.75) is 45.8 Å². The van der Waals surface area contributed by atoms with Gasteiger partial charge in [-0.2, -0.15) is 0 Å². The van der Waals surface area contributed by atoms with E-state index in [0.717, 1.165) is 25.1 Å². The maximum Gasteiger partial charge on any atom is 0.244 e. The molecule has 0 aliphatic rings. The molecule has 33 heavy (non-hydrogen) atoms. The molecular formula is C23H29Br2N3O4S. The first kappa shape index (κ1) is 27.3. The van der Waals surface area contributed by atoms with E-state index in [9.17, 15) is 18.0 Å². The van der Waals surface area contributed by atoms with Gasteiger partial charge in [0.25, 0.3) is 0 Å². The Labute approximate surface area is 212 Å². The summed E-state index contributed by atoms with van der Waals surface area (Å²) in [6, 6.07) is 13.2. The van der Waals surface area contributed by atoms with Crippen LogP contribution >= 0.6 is 31.9 Å². The van der Waals surface area contributed by atoms with Gasteiger partial charge in [0.05, 0.1) is 11.9 Å². The number of sulfonamides is 1. The fourth-order valence-corrected chi connectivity index (χ4v) is 4.44. The topological polar surface area (TPSA) is 86.8 Å². The van der Waals surface area contributed by atoms with Crippen molar-refractivity contribution in [1.82, 2.24) is 10.2 Å². The SMILES string of the molecule is CC(C(=O)NC(C)(C)C)N(Cc1ccc(Br)cc1)C(=O)CN(c1ccc(Br)cc1)S(C)(=O)=O. The first-order valence-corrected chi connectivity index (χ1v) is 13.7. The van der Waals surface area contributed by atoms with Gasteiger partial charge < -0.3 is 10.2 Å². The number of benzene rings is 2. The van der Waals surface area contributed by atoms with Crippen LogP contribution in [-0.4, -0.2) is 49.5 Å². The number of halogens is 2. The molecule has 0 saturated heterocycles. The highest BCUT2D eigenvalue weighted by atomic mass is 79.9. The maximum absolute atomic E-state index is 13.4. The Kier molecular flexibility index (Phi) is 9.12. The number of carbonyl (C=O) groups is 2. The van der Waals surface area contributed by atoms with Crippen LogP contribution < -0.4 is 9.62 Å². The summed E-state index contributed by atoms with van der Waals surface area (Å²) in [6.45, 7) is 6.95. The van der Waals surface area contributed by atoms with E-state index in [4.69, 9.17) is 0 Å². The zero-order valence-corrected chi connectivity index (χ0v) is 23.3. The van der Waals surface area contributed by atoms with E-state index in [1.165, 1.54) is 4.90 Å². The van der Waals surface area contributed by atoms with Crippen LogP contribution in [-0.2, 0) is 26.2 Å². The van der Waals surface area contributed by atoms with E-state index in [1.54, 1.807) is 31.2 Å². The van der Waals surface area contributed by atoms with Crippen molar-refractivity contribution in [3.05, 3.63) is 63.0 Å². The van der Waals surface area contributed by atoms with Gasteiger partial charge in [0.1, 0.15) is 12.6 Å². The molecule has 2 rings (SSSR count). The number of anilines is 1. The number of amides is 2. The summed E-state index contributed by atoms with van der Waals surface area (Å²) in [6.07, 6.45) is 1.05. The molecule has 0 aromatic heterocycles. The van der Waals surface area contributed by atoms with Gasteiger partial charge in [-0.05, 0) is 69.7 Å². The molecule has 0 fully saturated rings. The minimum absolute atomic E-state index is 0.156. The Morgan fingerprint density at radius 1 is 0.970 bits per heavy atom. The lowest BCUT2D eigenvalue weighted by atomic mass is 10.1. The highest BCUT2D eigenvalue weighted by molar-refractivity contribution is 9.10. The fraction of sp³-hybridized carbons (Fsp3) is 0.391. The maximum atomic E-state index is 13.4. The molecule has 2 aromatic rings. The van der Waals surface area contributed by atoms with Gasteiger partial charge in [-0.3, -0.25) is 13.9 Å². The van der Waals surface area contributed by atoms with Crippen LogP contribution in [0.5, 0.6) is 0 Å². The monoisotopic (exact) mass is 601 g/mol. The van der Waals surface area contributed by atoms with E-state index in [0.29, 0.717) is 5.69 Å². The Bertz CT molecular complexity index is 1080. The van der Waals surface area contributed by atoms with Crippen LogP contribution in [0.1, 0.15) is 33.3 Å². The average molecular weight is 603 g/mol. The van der Waals surface area contributed by atoms with Gasteiger partial charge in [-0.1, -0.05) is 44.0 Å². The molecule has 2 amide bonds. The minimum Gasteiger partial charge on any atom is -0.350 e. The van der Waals surface area contributed by atoms with E-state index in [1.807, 2.05) is 45.0 Å². The van der Waals surface area contributed by atoms with Gasteiger partial charge >= 0.3 is 0 Å². The lowest BCUT2D eigenvalue weighted by Crippen LogP contribution is -2.54. The van der Waals surface area contributed by atoms with Crippen LogP contribution in [0.25, 0.3) is 0 Å². The third-order valence-corrected chi connectivity index (χ3v) is 6.92. The molecule has 0 spiro atoms. The molecule has 1 N–H and O–H groups in total. The number of rotatable bonds is 8. The number of hydrogen-bond donors (Lipinski definition) is 1. The third kappa shape index (κ3) is 8.42. The highest BCUT2D eigenvalue weighted by Gasteiger charge is 2.31. The van der Waals surface area contributed by atoms with Crippen molar-refractivity contribution >= 4 is 59.4 Å². The second-order valence-corrected chi connectivity index (χ2v) is 12.5. The van der Waals surface area contributed by atoms with E-state index in [2.05, 4.69) is 37.2 Å². The molecule has 10 heteroatoms. The van der Waals surface area contributed by atoms with Crippen molar-refractivity contribution in [2.24, 2.45) is 0 Å². The standard InChI is InChI=1S/C23H29Br2N3O4S/c1-16(22(30)26-23(2,3)4)27(14-17-6-8-18(24)9-7-17)21(29)15-28(33(5,31)32)20-12-10-19(25)11-13-20/h6-13,16H,14-15H2,1-5H3,(H,26,30). The predicted molar refractivity (Wildman–Crippen MR) is 138 cm³/mol. The zero-order valence-electron chi connectivity index (χ0n) is 19.3. The number of nitrogens with one attached hydrogen (secondary N) is 1. The number of carbonyl (C=O) groups excluding carboxylic acids is 2. The summed E-state index contributed by atoms with van der Waals surface area (Å²) in [4.78, 5) is 27.7. The van der Waals surface area contributed by atoms with Crippen molar-refractivity contribution in [2.75, 3.05) is 17.1 Å². The summed E-state index contributed by atoms with van der Waals surface area (Å²) in [5, 5.41) is 2.89. The van der Waals surface area contributed by atoms with E-state index in [-0.39, 0.29) is 12.5 Å². The smallest absolute Gasteiger partial charge is 0.244 e. The van der Waals surface area contributed by atoms with Gasteiger partial charge in [0.2, 0.25) is 21.8 Å². The lowest BCUT2D eigenvalue weighted by molar-refractivity contribution is -0.140. The van der Waals surface area contributed by atoms with Crippen LogP contribution in [0.3, 0.4) is 0 Å². The summed E-state index contributed by atoms with van der Waals surface area (Å²) in [5.74, 6) is -0.801. The molecule has 1 unspecified atom stereocenters. The van der Waals surface area contributed by atoms with Crippen molar-refractivity contribution < 1.29 is 18.0 Å². The van der Waals surface area contributed by atoms with Gasteiger partial charge in [0.15, 0.2) is 0 Å². The van der Waals surface area contributed by atoms with Gasteiger partial charge in [-0.15, -0.1) is 0 Å². The van der Waals surface area contributed by atoms with Crippen LogP contribution in [0.2, 0.25) is 0 Å². The second-order valence-electron chi connectivity index (χ2n) is 8.81. The average Bonchev–Trinajstić information content (AvgIpc) is 2.69. The quantitative estimate of drug-likeness (QED) is 0.488. The molecule has 1 atom stereocenters. The minimum atomic E-state index is -3.75. The first-order valence-electron chi connectivity index (χ1n) is 10.3. The van der Waals surface area contributed by atoms with E-state index >= 15 is 0 Å². The molecule has 0 heterocycles. The Morgan fingerprint density at radius 3 is 1.91 bits per heavy atom. The fourth-order valence-electron chi connectivity index (χ4n) is 3.06. The summed E-state index contributed by atoms with van der Waals surface area (Å²) in [5.41, 5.74) is 0.703. The van der Waals surface area contributed by atoms with Crippen molar-refractivity contribution in [3.63, 3.8) is 0 Å². The van der Waals surface area contributed by atoms with Crippen LogP contribution in [0, 0.1) is 0 Å². The van der Waals surface area contributed by atoms with Gasteiger partial charge in [0, 0.05) is 21.0 Å². The Morgan fingerprint density at radius 2 is 1.45 bits per heavy atom. The number of nitrogens with zero attached hydrogens (tertiary/aromatic N) is 2. The van der Waals surface area contributed by atoms with Crippen molar-refractivity contribution in [3.8, 4) is 0 Å². The number of hydrogen-bond acceptors (Lipinski definition) is 4. The predicted octanol–water partition coefficient (Wildman–Crippen LogP) is 4.31. The molecule has 2 aromatic carbocycles. The van der Waals surface area contributed by atoms with E-state index < -0.39 is 34.1 Å². The molecular weight excluding hydrogens is 574 g/mol. The normalized spacial score (nSPS) is 12.7. The third-order valence-electron chi connectivity index (χ3n) is 4.73. The molecule has 180 valence electrons. The zero-order chi connectivity index (χ0) is 25.0. The molecule has 0 aliphatic heterocycles. The summed E-state index contributed by atoms with van der Waals surface area (Å²) >= 11 is 6.72. The Balaban J connectivity index is 2.38. The van der Waals surface area contributed by atoms with Gasteiger partial charge in [-0.25, -0.2) is 8.42 Å². The van der Waals surface area contributed by atoms with Crippen LogP contribution in [0.15, 0.2) is 57.5 Å². The molecule has 0 radical (unpaired) electrons. The Hall–Kier alpha value is -1.91. The summed E-state index contributed by atoms with van der Waals surface area (Å²) in [7, 11) is -3.75. The molecule has 0 saturated carbocycles. The highest BCUT2D eigenvalue weighted by Crippen LogP contribution is 2.22. The molecule has 0 bridgehead atoms. The lowest BCUT2D eigenvalue weighted by Gasteiger charge is -2.33. The molecule has 7 nitrogen and oxygen atoms in total. The first-order chi connectivity index (χ1) is 15.2. The van der Waals surface area contributed by atoms with Crippen LogP contribution in [0.4, 0.5) is 5.69 Å². The molecule has 0 aliphatic carbocycles. The second kappa shape index (κ2) is 11.0.